The standard InChI is InChI=1S/C18H19N3O2/c1-13(17-10-15-7-3-4-8-16(15)23-17)21(2)18(22)20-12-14-6-5-9-19-11-14/h3-11,13H,12H2,1-2H3,(H,20,22). The highest BCUT2D eigenvalue weighted by Crippen LogP contribution is 2.26. The van der Waals surface area contributed by atoms with Gasteiger partial charge in [0.25, 0.3) is 0 Å². The first-order chi connectivity index (χ1) is 11.1. The molecule has 1 unspecified atom stereocenters. The van der Waals surface area contributed by atoms with Crippen molar-refractivity contribution in [3.05, 3.63) is 66.2 Å². The van der Waals surface area contributed by atoms with E-state index in [-0.39, 0.29) is 12.1 Å². The first kappa shape index (κ1) is 15.1. The molecule has 0 saturated heterocycles. The number of aromatic nitrogens is 1. The Morgan fingerprint density at radius 2 is 2.13 bits per heavy atom. The van der Waals surface area contributed by atoms with Crippen molar-refractivity contribution < 1.29 is 9.21 Å². The highest BCUT2D eigenvalue weighted by Gasteiger charge is 2.20. The minimum atomic E-state index is -0.156. The summed E-state index contributed by atoms with van der Waals surface area (Å²) in [4.78, 5) is 18.0. The average Bonchev–Trinajstić information content (AvgIpc) is 3.03. The van der Waals surface area contributed by atoms with E-state index in [1.165, 1.54) is 0 Å². The Bertz CT molecular complexity index is 765. The van der Waals surface area contributed by atoms with Gasteiger partial charge >= 0.3 is 6.03 Å². The zero-order valence-electron chi connectivity index (χ0n) is 13.2. The number of hydrogen-bond acceptors (Lipinski definition) is 3. The van der Waals surface area contributed by atoms with Gasteiger partial charge < -0.3 is 14.6 Å². The van der Waals surface area contributed by atoms with Gasteiger partial charge in [-0.15, -0.1) is 0 Å². The molecule has 0 bridgehead atoms. The number of pyridine rings is 1. The number of fused-ring (bicyclic) bond motifs is 1. The molecule has 0 radical (unpaired) electrons. The Kier molecular flexibility index (Phi) is 4.28. The predicted molar refractivity (Wildman–Crippen MR) is 88.9 cm³/mol. The molecule has 1 aromatic carbocycles. The van der Waals surface area contributed by atoms with E-state index in [9.17, 15) is 4.79 Å². The Morgan fingerprint density at radius 3 is 2.87 bits per heavy atom. The molecule has 2 aromatic heterocycles. The molecule has 3 rings (SSSR count). The minimum absolute atomic E-state index is 0.151. The van der Waals surface area contributed by atoms with Crippen molar-refractivity contribution in [3.63, 3.8) is 0 Å². The van der Waals surface area contributed by atoms with Gasteiger partial charge in [-0.05, 0) is 30.7 Å². The van der Waals surface area contributed by atoms with Gasteiger partial charge in [0.05, 0.1) is 6.04 Å². The second-order valence-electron chi connectivity index (χ2n) is 5.49. The van der Waals surface area contributed by atoms with E-state index in [1.807, 2.05) is 49.4 Å². The molecule has 0 spiro atoms. The van der Waals surface area contributed by atoms with E-state index >= 15 is 0 Å². The minimum Gasteiger partial charge on any atom is -0.459 e. The number of benzene rings is 1. The summed E-state index contributed by atoms with van der Waals surface area (Å²) < 4.78 is 5.83. The number of furan rings is 1. The van der Waals surface area contributed by atoms with Crippen molar-refractivity contribution in [1.82, 2.24) is 15.2 Å². The van der Waals surface area contributed by atoms with Crippen LogP contribution in [0, 0.1) is 0 Å². The van der Waals surface area contributed by atoms with Crippen molar-refractivity contribution in [2.45, 2.75) is 19.5 Å². The highest BCUT2D eigenvalue weighted by molar-refractivity contribution is 5.78. The summed E-state index contributed by atoms with van der Waals surface area (Å²) in [6, 6.07) is 13.3. The summed E-state index contributed by atoms with van der Waals surface area (Å²) in [7, 11) is 1.76. The second-order valence-corrected chi connectivity index (χ2v) is 5.49. The molecule has 1 atom stereocenters. The summed E-state index contributed by atoms with van der Waals surface area (Å²) in [5, 5.41) is 3.93. The maximum Gasteiger partial charge on any atom is 0.318 e. The normalized spacial score (nSPS) is 12.1. The molecule has 0 saturated carbocycles. The van der Waals surface area contributed by atoms with Crippen LogP contribution in [0.4, 0.5) is 4.79 Å². The maximum atomic E-state index is 12.3. The van der Waals surface area contributed by atoms with Gasteiger partial charge in [-0.3, -0.25) is 4.98 Å². The number of amides is 2. The van der Waals surface area contributed by atoms with E-state index in [1.54, 1.807) is 24.3 Å². The lowest BCUT2D eigenvalue weighted by atomic mass is 10.2. The van der Waals surface area contributed by atoms with Crippen molar-refractivity contribution in [2.75, 3.05) is 7.05 Å². The summed E-state index contributed by atoms with van der Waals surface area (Å²) in [5.41, 5.74) is 1.80. The van der Waals surface area contributed by atoms with E-state index in [0.717, 1.165) is 22.3 Å². The van der Waals surface area contributed by atoms with E-state index in [2.05, 4.69) is 10.3 Å². The number of carbonyl (C=O) groups is 1. The predicted octanol–water partition coefficient (Wildman–Crippen LogP) is 3.73. The van der Waals surface area contributed by atoms with Crippen LogP contribution < -0.4 is 5.32 Å². The third-order valence-corrected chi connectivity index (χ3v) is 3.92. The number of nitrogens with one attached hydrogen (secondary N) is 1. The van der Waals surface area contributed by atoms with Gasteiger partial charge in [0.1, 0.15) is 11.3 Å². The van der Waals surface area contributed by atoms with Crippen LogP contribution in [0.15, 0.2) is 59.3 Å². The van der Waals surface area contributed by atoms with Gasteiger partial charge in [0.15, 0.2) is 0 Å². The molecule has 0 aliphatic carbocycles. The van der Waals surface area contributed by atoms with Gasteiger partial charge in [-0.2, -0.15) is 0 Å². The zero-order chi connectivity index (χ0) is 16.2. The van der Waals surface area contributed by atoms with Gasteiger partial charge in [0, 0.05) is 31.4 Å². The fourth-order valence-corrected chi connectivity index (χ4v) is 2.38. The number of carbonyl (C=O) groups excluding carboxylic acids is 1. The Morgan fingerprint density at radius 1 is 1.30 bits per heavy atom. The first-order valence-electron chi connectivity index (χ1n) is 7.53. The van der Waals surface area contributed by atoms with Gasteiger partial charge in [-0.25, -0.2) is 4.79 Å². The van der Waals surface area contributed by atoms with Crippen molar-refractivity contribution >= 4 is 17.0 Å². The Hall–Kier alpha value is -2.82. The molecule has 118 valence electrons. The molecular weight excluding hydrogens is 290 g/mol. The van der Waals surface area contributed by atoms with E-state index in [4.69, 9.17) is 4.42 Å². The smallest absolute Gasteiger partial charge is 0.318 e. The Labute approximate surface area is 134 Å². The maximum absolute atomic E-state index is 12.3. The first-order valence-corrected chi connectivity index (χ1v) is 7.53. The topological polar surface area (TPSA) is 58.4 Å². The fraction of sp³-hybridized carbons (Fsp3) is 0.222. The fourth-order valence-electron chi connectivity index (χ4n) is 2.38. The molecule has 23 heavy (non-hydrogen) atoms. The monoisotopic (exact) mass is 309 g/mol. The third kappa shape index (κ3) is 3.34. The lowest BCUT2D eigenvalue weighted by molar-refractivity contribution is 0.187. The van der Waals surface area contributed by atoms with E-state index < -0.39 is 0 Å². The van der Waals surface area contributed by atoms with E-state index in [0.29, 0.717) is 6.54 Å². The van der Waals surface area contributed by atoms with Gasteiger partial charge in [0.2, 0.25) is 0 Å². The number of rotatable bonds is 4. The summed E-state index contributed by atoms with van der Waals surface area (Å²) in [5.74, 6) is 0.769. The third-order valence-electron chi connectivity index (χ3n) is 3.92. The SMILES string of the molecule is CC(c1cc2ccccc2o1)N(C)C(=O)NCc1cccnc1. The molecule has 0 aliphatic heterocycles. The van der Waals surface area contributed by atoms with Crippen LogP contribution in [-0.4, -0.2) is 23.0 Å². The summed E-state index contributed by atoms with van der Waals surface area (Å²) >= 11 is 0. The quantitative estimate of drug-likeness (QED) is 0.799. The molecular formula is C18H19N3O2. The van der Waals surface area contributed by atoms with Crippen LogP contribution in [0.1, 0.15) is 24.3 Å². The van der Waals surface area contributed by atoms with Crippen LogP contribution in [-0.2, 0) is 6.54 Å². The lowest BCUT2D eigenvalue weighted by Crippen LogP contribution is -2.38. The molecule has 2 heterocycles. The zero-order valence-corrected chi connectivity index (χ0v) is 13.2. The van der Waals surface area contributed by atoms with Crippen molar-refractivity contribution in [2.24, 2.45) is 0 Å². The molecule has 5 heteroatoms. The van der Waals surface area contributed by atoms with Crippen LogP contribution in [0.2, 0.25) is 0 Å². The van der Waals surface area contributed by atoms with Crippen LogP contribution in [0.3, 0.4) is 0 Å². The number of hydrogen-bond donors (Lipinski definition) is 1. The summed E-state index contributed by atoms with van der Waals surface area (Å²) in [6.45, 7) is 2.39. The lowest BCUT2D eigenvalue weighted by Gasteiger charge is -2.23. The summed E-state index contributed by atoms with van der Waals surface area (Å²) in [6.07, 6.45) is 3.45. The molecule has 0 fully saturated rings. The number of urea groups is 1. The van der Waals surface area contributed by atoms with Crippen LogP contribution in [0.5, 0.6) is 0 Å². The molecule has 2 amide bonds. The molecule has 5 nitrogen and oxygen atoms in total. The molecule has 3 aromatic rings. The largest absolute Gasteiger partial charge is 0.459 e. The number of para-hydroxylation sites is 1. The Balaban J connectivity index is 1.66. The second kappa shape index (κ2) is 6.52. The van der Waals surface area contributed by atoms with Crippen molar-refractivity contribution in [3.8, 4) is 0 Å². The van der Waals surface area contributed by atoms with Crippen LogP contribution >= 0.6 is 0 Å². The average molecular weight is 309 g/mol. The molecule has 1 N–H and O–H groups in total. The number of nitrogens with zero attached hydrogens (tertiary/aromatic N) is 2. The van der Waals surface area contributed by atoms with Crippen molar-refractivity contribution in [1.29, 1.82) is 0 Å². The molecule has 0 aliphatic rings. The van der Waals surface area contributed by atoms with Gasteiger partial charge in [-0.1, -0.05) is 24.3 Å². The van der Waals surface area contributed by atoms with Crippen LogP contribution in [0.25, 0.3) is 11.0 Å². The highest BCUT2D eigenvalue weighted by atomic mass is 16.3.